The molecular weight excluding hydrogens is 316 g/mol. The third-order valence-corrected chi connectivity index (χ3v) is 4.28. The van der Waals surface area contributed by atoms with E-state index in [4.69, 9.17) is 16.3 Å². The van der Waals surface area contributed by atoms with Gasteiger partial charge < -0.3 is 19.9 Å². The van der Waals surface area contributed by atoms with Crippen molar-refractivity contribution in [3.05, 3.63) is 23.5 Å². The van der Waals surface area contributed by atoms with E-state index in [1.165, 1.54) is 0 Å². The number of aromatic amines is 1. The molecule has 3 heterocycles. The number of carbonyl (C=O) groups is 1. The number of hydrogen-bond donors (Lipinski definition) is 2. The number of hydrogen-bond acceptors (Lipinski definition) is 4. The molecule has 1 fully saturated rings. The number of fused-ring (bicyclic) bond motifs is 1. The molecule has 0 aromatic carbocycles. The summed E-state index contributed by atoms with van der Waals surface area (Å²) in [7, 11) is 0. The monoisotopic (exact) mass is 336 g/mol. The first-order valence-corrected chi connectivity index (χ1v) is 8.36. The zero-order valence-corrected chi connectivity index (χ0v) is 13.9. The number of nitrogens with zero attached hydrogens (tertiary/aromatic N) is 2. The van der Waals surface area contributed by atoms with Crippen LogP contribution in [0.5, 0.6) is 0 Å². The second-order valence-corrected chi connectivity index (χ2v) is 6.17. The molecule has 1 unspecified atom stereocenters. The SMILES string of the molecule is CCCOC(=O)N1CCCC(Nc2c(Cl)cnc3[nH]ccc23)C1. The predicted octanol–water partition coefficient (Wildman–Crippen LogP) is 3.64. The summed E-state index contributed by atoms with van der Waals surface area (Å²) < 4.78 is 5.23. The number of aromatic nitrogens is 2. The summed E-state index contributed by atoms with van der Waals surface area (Å²) in [4.78, 5) is 21.1. The van der Waals surface area contributed by atoms with Gasteiger partial charge >= 0.3 is 6.09 Å². The molecule has 1 amide bonds. The van der Waals surface area contributed by atoms with Crippen LogP contribution in [0.25, 0.3) is 11.0 Å². The smallest absolute Gasteiger partial charge is 0.409 e. The van der Waals surface area contributed by atoms with E-state index in [0.29, 0.717) is 18.2 Å². The van der Waals surface area contributed by atoms with Gasteiger partial charge in [-0.1, -0.05) is 18.5 Å². The standard InChI is InChI=1S/C16H21ClN4O2/c1-2-8-23-16(22)21-7-3-4-11(10-21)20-14-12-5-6-18-15(12)19-9-13(14)17/h5-6,9,11H,2-4,7-8,10H2,1H3,(H2,18,19,20). The van der Waals surface area contributed by atoms with Gasteiger partial charge in [0.15, 0.2) is 0 Å². The molecule has 0 spiro atoms. The van der Waals surface area contributed by atoms with E-state index in [1.54, 1.807) is 11.1 Å². The van der Waals surface area contributed by atoms with Gasteiger partial charge in [-0.25, -0.2) is 9.78 Å². The van der Waals surface area contributed by atoms with Crippen LogP contribution in [0.4, 0.5) is 10.5 Å². The highest BCUT2D eigenvalue weighted by Crippen LogP contribution is 2.30. The van der Waals surface area contributed by atoms with Crippen molar-refractivity contribution in [2.75, 3.05) is 25.0 Å². The van der Waals surface area contributed by atoms with Crippen LogP contribution in [0.3, 0.4) is 0 Å². The van der Waals surface area contributed by atoms with Crippen molar-refractivity contribution in [3.8, 4) is 0 Å². The van der Waals surface area contributed by atoms with Gasteiger partial charge in [0.2, 0.25) is 0 Å². The van der Waals surface area contributed by atoms with Gasteiger partial charge in [0, 0.05) is 30.7 Å². The number of H-pyrrole nitrogens is 1. The van der Waals surface area contributed by atoms with Crippen molar-refractivity contribution in [2.24, 2.45) is 0 Å². The second kappa shape index (κ2) is 7.08. The number of ether oxygens (including phenoxy) is 1. The minimum Gasteiger partial charge on any atom is -0.449 e. The van der Waals surface area contributed by atoms with Crippen LogP contribution in [0.2, 0.25) is 5.02 Å². The van der Waals surface area contributed by atoms with E-state index in [1.807, 2.05) is 19.2 Å². The number of halogens is 1. The molecule has 0 radical (unpaired) electrons. The molecule has 6 nitrogen and oxygen atoms in total. The summed E-state index contributed by atoms with van der Waals surface area (Å²) in [5, 5.41) is 5.02. The van der Waals surface area contributed by atoms with Crippen LogP contribution in [0.15, 0.2) is 18.5 Å². The fourth-order valence-electron chi connectivity index (χ4n) is 2.88. The van der Waals surface area contributed by atoms with Crippen molar-refractivity contribution in [1.82, 2.24) is 14.9 Å². The summed E-state index contributed by atoms with van der Waals surface area (Å²) in [6.45, 7) is 3.81. The number of rotatable bonds is 4. The molecule has 124 valence electrons. The van der Waals surface area contributed by atoms with Gasteiger partial charge in [-0.2, -0.15) is 0 Å². The molecule has 2 N–H and O–H groups in total. The van der Waals surface area contributed by atoms with Crippen LogP contribution in [-0.2, 0) is 4.74 Å². The molecular formula is C16H21ClN4O2. The quantitative estimate of drug-likeness (QED) is 0.894. The zero-order valence-electron chi connectivity index (χ0n) is 13.1. The first kappa shape index (κ1) is 15.9. The molecule has 1 saturated heterocycles. The summed E-state index contributed by atoms with van der Waals surface area (Å²) in [6.07, 6.45) is 6.01. The first-order valence-electron chi connectivity index (χ1n) is 7.99. The number of amides is 1. The third kappa shape index (κ3) is 3.52. The molecule has 1 aliphatic rings. The highest BCUT2D eigenvalue weighted by atomic mass is 35.5. The van der Waals surface area contributed by atoms with Crippen molar-refractivity contribution < 1.29 is 9.53 Å². The lowest BCUT2D eigenvalue weighted by Gasteiger charge is -2.33. The van der Waals surface area contributed by atoms with Crippen molar-refractivity contribution in [1.29, 1.82) is 0 Å². The maximum absolute atomic E-state index is 12.0. The number of likely N-dealkylation sites (tertiary alicyclic amines) is 1. The lowest BCUT2D eigenvalue weighted by Crippen LogP contribution is -2.45. The van der Waals surface area contributed by atoms with E-state index in [2.05, 4.69) is 15.3 Å². The van der Waals surface area contributed by atoms with E-state index >= 15 is 0 Å². The molecule has 23 heavy (non-hydrogen) atoms. The van der Waals surface area contributed by atoms with Gasteiger partial charge in [0.1, 0.15) is 5.65 Å². The fraction of sp³-hybridized carbons (Fsp3) is 0.500. The maximum atomic E-state index is 12.0. The van der Waals surface area contributed by atoms with E-state index < -0.39 is 0 Å². The van der Waals surface area contributed by atoms with Gasteiger partial charge in [-0.05, 0) is 25.3 Å². The molecule has 0 saturated carbocycles. The Bertz CT molecular complexity index is 688. The van der Waals surface area contributed by atoms with Crippen LogP contribution in [-0.4, -0.2) is 46.7 Å². The highest BCUT2D eigenvalue weighted by Gasteiger charge is 2.25. The van der Waals surface area contributed by atoms with Crippen molar-refractivity contribution in [2.45, 2.75) is 32.2 Å². The van der Waals surface area contributed by atoms with Gasteiger partial charge in [0.25, 0.3) is 0 Å². The average molecular weight is 337 g/mol. The molecule has 0 bridgehead atoms. The molecule has 3 rings (SSSR count). The second-order valence-electron chi connectivity index (χ2n) is 5.76. The Labute approximate surface area is 140 Å². The first-order chi connectivity index (χ1) is 11.2. The summed E-state index contributed by atoms with van der Waals surface area (Å²) in [6, 6.07) is 2.10. The molecule has 2 aromatic heterocycles. The van der Waals surface area contributed by atoms with Crippen molar-refractivity contribution in [3.63, 3.8) is 0 Å². The number of anilines is 1. The average Bonchev–Trinajstić information content (AvgIpc) is 3.04. The van der Waals surface area contributed by atoms with Crippen LogP contribution < -0.4 is 5.32 Å². The largest absolute Gasteiger partial charge is 0.449 e. The number of carbonyl (C=O) groups excluding carboxylic acids is 1. The van der Waals surface area contributed by atoms with Crippen LogP contribution >= 0.6 is 11.6 Å². The minimum atomic E-state index is -0.231. The Kier molecular flexibility index (Phi) is 4.91. The maximum Gasteiger partial charge on any atom is 0.409 e. The summed E-state index contributed by atoms with van der Waals surface area (Å²) in [5.41, 5.74) is 1.67. The van der Waals surface area contributed by atoms with E-state index in [0.717, 1.165) is 42.5 Å². The number of piperidine rings is 1. The Balaban J connectivity index is 1.70. The Hall–Kier alpha value is -1.95. The molecule has 7 heteroatoms. The Morgan fingerprint density at radius 2 is 2.48 bits per heavy atom. The fourth-order valence-corrected chi connectivity index (χ4v) is 3.08. The summed E-state index contributed by atoms with van der Waals surface area (Å²) >= 11 is 6.30. The number of nitrogens with one attached hydrogen (secondary N) is 2. The zero-order chi connectivity index (χ0) is 16.2. The molecule has 0 aliphatic carbocycles. The predicted molar refractivity (Wildman–Crippen MR) is 91.0 cm³/mol. The topological polar surface area (TPSA) is 70.2 Å². The van der Waals surface area contributed by atoms with Gasteiger partial charge in [0.05, 0.1) is 23.5 Å². The Morgan fingerprint density at radius 1 is 1.61 bits per heavy atom. The summed E-state index contributed by atoms with van der Waals surface area (Å²) in [5.74, 6) is 0. The normalized spacial score (nSPS) is 18.2. The van der Waals surface area contributed by atoms with Crippen LogP contribution in [0, 0.1) is 0 Å². The van der Waals surface area contributed by atoms with Gasteiger partial charge in [-0.3, -0.25) is 0 Å². The molecule has 2 aromatic rings. The number of pyridine rings is 1. The third-order valence-electron chi connectivity index (χ3n) is 4.00. The van der Waals surface area contributed by atoms with Crippen LogP contribution in [0.1, 0.15) is 26.2 Å². The highest BCUT2D eigenvalue weighted by molar-refractivity contribution is 6.34. The molecule has 1 atom stereocenters. The van der Waals surface area contributed by atoms with E-state index in [-0.39, 0.29) is 12.1 Å². The lowest BCUT2D eigenvalue weighted by molar-refractivity contribution is 0.0932. The van der Waals surface area contributed by atoms with Crippen molar-refractivity contribution >= 4 is 34.4 Å². The van der Waals surface area contributed by atoms with Gasteiger partial charge in [-0.15, -0.1) is 0 Å². The molecule has 1 aliphatic heterocycles. The van der Waals surface area contributed by atoms with E-state index in [9.17, 15) is 4.79 Å². The lowest BCUT2D eigenvalue weighted by atomic mass is 10.1. The Morgan fingerprint density at radius 3 is 3.30 bits per heavy atom. The minimum absolute atomic E-state index is 0.149.